The Morgan fingerprint density at radius 2 is 2.25 bits per heavy atom. The minimum Gasteiger partial charge on any atom is -0.491 e. The zero-order valence-electron chi connectivity index (χ0n) is 12.9. The molecule has 3 nitrogen and oxygen atoms in total. The highest BCUT2D eigenvalue weighted by atomic mass is 16.5. The Kier molecular flexibility index (Phi) is 5.86. The minimum atomic E-state index is 0.213. The van der Waals surface area contributed by atoms with Gasteiger partial charge < -0.3 is 14.8 Å². The molecular formula is C17H27NO2. The Morgan fingerprint density at radius 1 is 1.40 bits per heavy atom. The van der Waals surface area contributed by atoms with Crippen LogP contribution in [0.2, 0.25) is 0 Å². The van der Waals surface area contributed by atoms with E-state index in [-0.39, 0.29) is 6.10 Å². The zero-order chi connectivity index (χ0) is 14.4. The first-order chi connectivity index (χ1) is 9.69. The molecule has 1 aromatic rings. The summed E-state index contributed by atoms with van der Waals surface area (Å²) >= 11 is 0. The van der Waals surface area contributed by atoms with Gasteiger partial charge in [0.05, 0.1) is 12.2 Å². The molecule has 2 unspecified atom stereocenters. The fourth-order valence-electron chi connectivity index (χ4n) is 2.78. The second kappa shape index (κ2) is 7.65. The van der Waals surface area contributed by atoms with Gasteiger partial charge in [0, 0.05) is 12.6 Å². The van der Waals surface area contributed by atoms with E-state index in [1.807, 2.05) is 13.1 Å². The van der Waals surface area contributed by atoms with Crippen molar-refractivity contribution in [3.63, 3.8) is 0 Å². The monoisotopic (exact) mass is 277 g/mol. The van der Waals surface area contributed by atoms with Crippen LogP contribution < -0.4 is 10.1 Å². The second-order valence-corrected chi connectivity index (χ2v) is 5.79. The third kappa shape index (κ3) is 4.50. The maximum Gasteiger partial charge on any atom is 0.120 e. The molecule has 1 saturated heterocycles. The van der Waals surface area contributed by atoms with E-state index in [1.54, 1.807) is 0 Å². The van der Waals surface area contributed by atoms with Crippen molar-refractivity contribution >= 4 is 0 Å². The molecule has 1 fully saturated rings. The molecule has 1 aliphatic heterocycles. The van der Waals surface area contributed by atoms with Gasteiger partial charge in [0.25, 0.3) is 0 Å². The predicted molar refractivity (Wildman–Crippen MR) is 82.2 cm³/mol. The topological polar surface area (TPSA) is 30.5 Å². The van der Waals surface area contributed by atoms with E-state index in [1.165, 1.54) is 18.4 Å². The van der Waals surface area contributed by atoms with Crippen molar-refractivity contribution in [1.82, 2.24) is 5.32 Å². The van der Waals surface area contributed by atoms with E-state index in [4.69, 9.17) is 9.47 Å². The van der Waals surface area contributed by atoms with Crippen LogP contribution in [0.15, 0.2) is 24.3 Å². The van der Waals surface area contributed by atoms with E-state index in [2.05, 4.69) is 37.4 Å². The van der Waals surface area contributed by atoms with E-state index in [0.717, 1.165) is 25.2 Å². The van der Waals surface area contributed by atoms with E-state index in [9.17, 15) is 0 Å². The molecule has 0 aliphatic carbocycles. The Labute approximate surface area is 122 Å². The van der Waals surface area contributed by atoms with Crippen LogP contribution in [0.5, 0.6) is 5.75 Å². The van der Waals surface area contributed by atoms with Crippen LogP contribution in [0.1, 0.15) is 51.1 Å². The molecule has 0 radical (unpaired) electrons. The molecule has 20 heavy (non-hydrogen) atoms. The summed E-state index contributed by atoms with van der Waals surface area (Å²) in [7, 11) is 2.02. The molecule has 0 bridgehead atoms. The lowest BCUT2D eigenvalue weighted by molar-refractivity contribution is 0.0998. The third-order valence-corrected chi connectivity index (χ3v) is 3.78. The molecule has 0 aromatic heterocycles. The van der Waals surface area contributed by atoms with Crippen LogP contribution in [0, 0.1) is 0 Å². The van der Waals surface area contributed by atoms with Crippen LogP contribution in [0.3, 0.4) is 0 Å². The van der Waals surface area contributed by atoms with Crippen LogP contribution in [0.25, 0.3) is 0 Å². The summed E-state index contributed by atoms with van der Waals surface area (Å²) in [5.74, 6) is 0.954. The highest BCUT2D eigenvalue weighted by Gasteiger charge is 2.18. The summed E-state index contributed by atoms with van der Waals surface area (Å²) < 4.78 is 11.5. The van der Waals surface area contributed by atoms with Crippen molar-refractivity contribution in [3.05, 3.63) is 29.8 Å². The first-order valence-electron chi connectivity index (χ1n) is 7.74. The predicted octanol–water partition coefficient (Wildman–Crippen LogP) is 3.69. The van der Waals surface area contributed by atoms with Crippen LogP contribution >= 0.6 is 0 Å². The van der Waals surface area contributed by atoms with Gasteiger partial charge in [-0.1, -0.05) is 12.1 Å². The van der Waals surface area contributed by atoms with Crippen LogP contribution in [-0.2, 0) is 4.74 Å². The van der Waals surface area contributed by atoms with Gasteiger partial charge in [-0.3, -0.25) is 0 Å². The Balaban J connectivity index is 1.95. The lowest BCUT2D eigenvalue weighted by atomic mass is 9.99. The first-order valence-corrected chi connectivity index (χ1v) is 7.74. The molecule has 0 spiro atoms. The van der Waals surface area contributed by atoms with Gasteiger partial charge in [-0.2, -0.15) is 0 Å². The van der Waals surface area contributed by atoms with Crippen molar-refractivity contribution in [2.75, 3.05) is 13.7 Å². The summed E-state index contributed by atoms with van der Waals surface area (Å²) in [6.07, 6.45) is 5.33. The lowest BCUT2D eigenvalue weighted by Crippen LogP contribution is -2.19. The highest BCUT2D eigenvalue weighted by molar-refractivity contribution is 5.30. The van der Waals surface area contributed by atoms with Gasteiger partial charge in [0.15, 0.2) is 0 Å². The number of nitrogens with one attached hydrogen (secondary N) is 1. The molecule has 0 saturated carbocycles. The normalized spacial score (nSPS) is 20.3. The van der Waals surface area contributed by atoms with E-state index < -0.39 is 0 Å². The summed E-state index contributed by atoms with van der Waals surface area (Å²) in [6, 6.07) is 8.79. The number of hydrogen-bond acceptors (Lipinski definition) is 3. The Morgan fingerprint density at radius 3 is 2.90 bits per heavy atom. The summed E-state index contributed by atoms with van der Waals surface area (Å²) in [6.45, 7) is 5.05. The fourth-order valence-corrected chi connectivity index (χ4v) is 2.78. The Hall–Kier alpha value is -1.06. The summed E-state index contributed by atoms with van der Waals surface area (Å²) in [4.78, 5) is 0. The lowest BCUT2D eigenvalue weighted by Gasteiger charge is -2.20. The van der Waals surface area contributed by atoms with Crippen molar-refractivity contribution in [3.8, 4) is 5.75 Å². The molecule has 112 valence electrons. The molecular weight excluding hydrogens is 250 g/mol. The van der Waals surface area contributed by atoms with Gasteiger partial charge in [-0.05, 0) is 64.3 Å². The van der Waals surface area contributed by atoms with Gasteiger partial charge in [-0.15, -0.1) is 0 Å². The average molecular weight is 277 g/mol. The molecule has 1 heterocycles. The SMILES string of the molecule is CNC(CCC1CCCO1)c1cccc(OC(C)C)c1. The number of rotatable bonds is 7. The van der Waals surface area contributed by atoms with Gasteiger partial charge in [0.2, 0.25) is 0 Å². The van der Waals surface area contributed by atoms with Crippen molar-refractivity contribution in [2.24, 2.45) is 0 Å². The minimum absolute atomic E-state index is 0.213. The van der Waals surface area contributed by atoms with Crippen molar-refractivity contribution < 1.29 is 9.47 Å². The van der Waals surface area contributed by atoms with Gasteiger partial charge >= 0.3 is 0 Å². The van der Waals surface area contributed by atoms with Crippen molar-refractivity contribution in [2.45, 2.75) is 57.8 Å². The molecule has 1 aliphatic rings. The standard InChI is InChI=1S/C17H27NO2/c1-13(2)20-16-7-4-6-14(12-16)17(18-3)10-9-15-8-5-11-19-15/h4,6-7,12-13,15,17-18H,5,8-11H2,1-3H3. The molecule has 3 heteroatoms. The molecule has 1 N–H and O–H groups in total. The maximum absolute atomic E-state index is 5.77. The van der Waals surface area contributed by atoms with Gasteiger partial charge in [0.1, 0.15) is 5.75 Å². The average Bonchev–Trinajstić information content (AvgIpc) is 2.92. The zero-order valence-corrected chi connectivity index (χ0v) is 12.9. The molecule has 0 amide bonds. The van der Waals surface area contributed by atoms with Crippen LogP contribution in [-0.4, -0.2) is 25.9 Å². The van der Waals surface area contributed by atoms with Gasteiger partial charge in [-0.25, -0.2) is 0 Å². The molecule has 1 aromatic carbocycles. The number of hydrogen-bond donors (Lipinski definition) is 1. The summed E-state index contributed by atoms with van der Waals surface area (Å²) in [5, 5.41) is 3.41. The molecule has 2 atom stereocenters. The second-order valence-electron chi connectivity index (χ2n) is 5.79. The van der Waals surface area contributed by atoms with Crippen LogP contribution in [0.4, 0.5) is 0 Å². The quantitative estimate of drug-likeness (QED) is 0.824. The third-order valence-electron chi connectivity index (χ3n) is 3.78. The largest absolute Gasteiger partial charge is 0.491 e. The summed E-state index contributed by atoms with van der Waals surface area (Å²) in [5.41, 5.74) is 1.30. The number of benzene rings is 1. The van der Waals surface area contributed by atoms with E-state index >= 15 is 0 Å². The van der Waals surface area contributed by atoms with E-state index in [0.29, 0.717) is 12.1 Å². The molecule has 2 rings (SSSR count). The highest BCUT2D eigenvalue weighted by Crippen LogP contribution is 2.26. The smallest absolute Gasteiger partial charge is 0.120 e. The Bertz CT molecular complexity index is 400. The maximum atomic E-state index is 5.77. The fraction of sp³-hybridized carbons (Fsp3) is 0.647. The number of ether oxygens (including phenoxy) is 2. The first kappa shape index (κ1) is 15.3. The van der Waals surface area contributed by atoms with Crippen molar-refractivity contribution in [1.29, 1.82) is 0 Å².